The van der Waals surface area contributed by atoms with Crippen LogP contribution in [0.1, 0.15) is 50.8 Å². The Morgan fingerprint density at radius 3 is 2.62 bits per heavy atom. The van der Waals surface area contributed by atoms with Crippen LogP contribution in [0.5, 0.6) is 5.75 Å². The minimum Gasteiger partial charge on any atom is -0.497 e. The molecule has 6 nitrogen and oxygen atoms in total. The van der Waals surface area contributed by atoms with Crippen LogP contribution in [0, 0.1) is 6.92 Å². The molecule has 150 valence electrons. The Bertz CT molecular complexity index is 1070. The minimum absolute atomic E-state index is 0.107. The molecule has 1 saturated heterocycles. The molecule has 1 N–H and O–H groups in total. The van der Waals surface area contributed by atoms with Gasteiger partial charge in [0.1, 0.15) is 11.3 Å². The number of carbonyl (C=O) groups is 2. The second-order valence-corrected chi connectivity index (χ2v) is 7.44. The number of hydrogen-bond donors (Lipinski definition) is 1. The maximum Gasteiger partial charge on any atom is 0.335 e. The fraction of sp³-hybridized carbons (Fsp3) is 0.304. The molecule has 1 fully saturated rings. The van der Waals surface area contributed by atoms with Crippen LogP contribution in [0.2, 0.25) is 0 Å². The number of hydrogen-bond acceptors (Lipinski definition) is 4. The molecule has 0 saturated carbocycles. The van der Waals surface area contributed by atoms with Gasteiger partial charge in [-0.15, -0.1) is 0 Å². The molecule has 0 bridgehead atoms. The van der Waals surface area contributed by atoms with Crippen molar-refractivity contribution in [2.24, 2.45) is 0 Å². The molecule has 1 aromatic heterocycles. The third kappa shape index (κ3) is 3.58. The van der Waals surface area contributed by atoms with Gasteiger partial charge < -0.3 is 19.2 Å². The lowest BCUT2D eigenvalue weighted by molar-refractivity contribution is 0.0674. The lowest BCUT2D eigenvalue weighted by atomic mass is 9.90. The summed E-state index contributed by atoms with van der Waals surface area (Å²) in [6.07, 6.45) is 1.86. The first-order valence-electron chi connectivity index (χ1n) is 9.67. The van der Waals surface area contributed by atoms with Gasteiger partial charge in [0.05, 0.1) is 12.7 Å². The number of rotatable bonds is 4. The summed E-state index contributed by atoms with van der Waals surface area (Å²) in [6, 6.07) is 12.5. The number of amides is 1. The van der Waals surface area contributed by atoms with Crippen molar-refractivity contribution in [2.45, 2.75) is 25.7 Å². The Morgan fingerprint density at radius 2 is 1.93 bits per heavy atom. The number of furan rings is 1. The molecule has 1 aliphatic rings. The molecular weight excluding hydrogens is 370 g/mol. The van der Waals surface area contributed by atoms with Gasteiger partial charge in [0.15, 0.2) is 5.76 Å². The predicted molar refractivity (Wildman–Crippen MR) is 109 cm³/mol. The number of methoxy groups -OCH3 is 1. The first kappa shape index (κ1) is 19.1. The second kappa shape index (κ2) is 7.62. The van der Waals surface area contributed by atoms with E-state index in [9.17, 15) is 9.59 Å². The summed E-state index contributed by atoms with van der Waals surface area (Å²) in [4.78, 5) is 26.1. The highest BCUT2D eigenvalue weighted by Gasteiger charge is 2.29. The fourth-order valence-electron chi connectivity index (χ4n) is 4.01. The molecule has 2 heterocycles. The van der Waals surface area contributed by atoms with Crippen LogP contribution in [0.25, 0.3) is 11.0 Å². The monoisotopic (exact) mass is 393 g/mol. The maximum absolute atomic E-state index is 13.2. The van der Waals surface area contributed by atoms with Gasteiger partial charge in [0, 0.05) is 36.0 Å². The number of carbonyl (C=O) groups excluding carboxylic acids is 1. The van der Waals surface area contributed by atoms with E-state index in [1.54, 1.807) is 25.3 Å². The van der Waals surface area contributed by atoms with Crippen LogP contribution in [-0.2, 0) is 0 Å². The zero-order valence-corrected chi connectivity index (χ0v) is 16.5. The highest BCUT2D eigenvalue weighted by Crippen LogP contribution is 2.32. The number of aryl methyl sites for hydroxylation is 1. The molecule has 1 aliphatic heterocycles. The van der Waals surface area contributed by atoms with Crippen molar-refractivity contribution in [1.29, 1.82) is 0 Å². The van der Waals surface area contributed by atoms with E-state index in [0.29, 0.717) is 30.2 Å². The third-order valence-electron chi connectivity index (χ3n) is 5.68. The average molecular weight is 393 g/mol. The molecule has 0 spiro atoms. The number of piperidine rings is 1. The van der Waals surface area contributed by atoms with Crippen molar-refractivity contribution < 1.29 is 23.8 Å². The van der Waals surface area contributed by atoms with E-state index in [4.69, 9.17) is 14.3 Å². The van der Waals surface area contributed by atoms with Gasteiger partial charge >= 0.3 is 5.97 Å². The van der Waals surface area contributed by atoms with Crippen molar-refractivity contribution in [1.82, 2.24) is 4.90 Å². The van der Waals surface area contributed by atoms with E-state index < -0.39 is 5.97 Å². The van der Waals surface area contributed by atoms with E-state index in [0.717, 1.165) is 29.4 Å². The van der Waals surface area contributed by atoms with Crippen molar-refractivity contribution >= 4 is 22.8 Å². The molecular formula is C23H23NO5. The van der Waals surface area contributed by atoms with Gasteiger partial charge in [-0.3, -0.25) is 4.79 Å². The summed E-state index contributed by atoms with van der Waals surface area (Å²) in [5.41, 5.74) is 2.80. The SMILES string of the molecule is COc1ccc2c(C)c(C(=O)N3CCCC(c4ccc(C(=O)O)cc4)C3)oc2c1. The number of nitrogens with zero attached hydrogens (tertiary/aromatic N) is 1. The number of aromatic carboxylic acids is 1. The van der Waals surface area contributed by atoms with Crippen molar-refractivity contribution in [3.63, 3.8) is 0 Å². The van der Waals surface area contributed by atoms with E-state index in [-0.39, 0.29) is 17.4 Å². The van der Waals surface area contributed by atoms with Crippen LogP contribution >= 0.6 is 0 Å². The van der Waals surface area contributed by atoms with Crippen LogP contribution in [-0.4, -0.2) is 42.1 Å². The summed E-state index contributed by atoms with van der Waals surface area (Å²) < 4.78 is 11.1. The molecule has 0 aliphatic carbocycles. The first-order valence-corrected chi connectivity index (χ1v) is 9.67. The summed E-state index contributed by atoms with van der Waals surface area (Å²) >= 11 is 0. The number of ether oxygens (including phenoxy) is 1. The highest BCUT2D eigenvalue weighted by atomic mass is 16.5. The number of carboxylic acid groups (broad SMARTS) is 1. The van der Waals surface area contributed by atoms with Crippen molar-refractivity contribution in [3.8, 4) is 5.75 Å². The molecule has 2 aromatic carbocycles. The van der Waals surface area contributed by atoms with Crippen LogP contribution in [0.3, 0.4) is 0 Å². The van der Waals surface area contributed by atoms with E-state index in [2.05, 4.69) is 0 Å². The minimum atomic E-state index is -0.936. The zero-order chi connectivity index (χ0) is 20.5. The molecule has 1 atom stereocenters. The number of likely N-dealkylation sites (tertiary alicyclic amines) is 1. The molecule has 1 unspecified atom stereocenters. The van der Waals surface area contributed by atoms with Crippen LogP contribution in [0.15, 0.2) is 46.9 Å². The first-order chi connectivity index (χ1) is 14.0. The van der Waals surface area contributed by atoms with Gasteiger partial charge in [0.25, 0.3) is 5.91 Å². The van der Waals surface area contributed by atoms with Crippen LogP contribution < -0.4 is 4.74 Å². The number of benzene rings is 2. The summed E-state index contributed by atoms with van der Waals surface area (Å²) in [5.74, 6) is 0.196. The van der Waals surface area contributed by atoms with E-state index in [1.807, 2.05) is 36.1 Å². The normalized spacial score (nSPS) is 16.8. The van der Waals surface area contributed by atoms with Gasteiger partial charge in [-0.25, -0.2) is 4.79 Å². The predicted octanol–water partition coefficient (Wildman–Crippen LogP) is 4.47. The summed E-state index contributed by atoms with van der Waals surface area (Å²) in [5, 5.41) is 9.98. The van der Waals surface area contributed by atoms with Gasteiger partial charge in [-0.2, -0.15) is 0 Å². The molecule has 1 amide bonds. The topological polar surface area (TPSA) is 80.0 Å². The van der Waals surface area contributed by atoms with E-state index in [1.165, 1.54) is 0 Å². The number of fused-ring (bicyclic) bond motifs is 1. The Kier molecular flexibility index (Phi) is 5.01. The third-order valence-corrected chi connectivity index (χ3v) is 5.68. The van der Waals surface area contributed by atoms with Crippen molar-refractivity contribution in [3.05, 3.63) is 64.9 Å². The standard InChI is InChI=1S/C23H23NO5/c1-14-19-10-9-18(28-2)12-20(19)29-21(14)22(25)24-11-3-4-17(13-24)15-5-7-16(8-6-15)23(26)27/h5-10,12,17H,3-4,11,13H2,1-2H3,(H,26,27). The Labute approximate surface area is 168 Å². The van der Waals surface area contributed by atoms with E-state index >= 15 is 0 Å². The molecule has 4 rings (SSSR count). The Balaban J connectivity index is 1.56. The fourth-order valence-corrected chi connectivity index (χ4v) is 4.01. The summed E-state index contributed by atoms with van der Waals surface area (Å²) in [7, 11) is 1.60. The maximum atomic E-state index is 13.2. The average Bonchev–Trinajstić information content (AvgIpc) is 3.09. The van der Waals surface area contributed by atoms with Gasteiger partial charge in [-0.05, 0) is 49.6 Å². The Morgan fingerprint density at radius 1 is 1.17 bits per heavy atom. The molecule has 3 aromatic rings. The Hall–Kier alpha value is -3.28. The lowest BCUT2D eigenvalue weighted by Gasteiger charge is -2.32. The molecule has 29 heavy (non-hydrogen) atoms. The van der Waals surface area contributed by atoms with Gasteiger partial charge in [0.2, 0.25) is 0 Å². The van der Waals surface area contributed by atoms with Gasteiger partial charge in [-0.1, -0.05) is 12.1 Å². The summed E-state index contributed by atoms with van der Waals surface area (Å²) in [6.45, 7) is 3.17. The second-order valence-electron chi connectivity index (χ2n) is 7.44. The van der Waals surface area contributed by atoms with Crippen LogP contribution in [0.4, 0.5) is 0 Å². The highest BCUT2D eigenvalue weighted by molar-refractivity contribution is 5.99. The zero-order valence-electron chi connectivity index (χ0n) is 16.5. The lowest BCUT2D eigenvalue weighted by Crippen LogP contribution is -2.39. The molecule has 6 heteroatoms. The smallest absolute Gasteiger partial charge is 0.335 e. The molecule has 0 radical (unpaired) electrons. The largest absolute Gasteiger partial charge is 0.497 e. The van der Waals surface area contributed by atoms with Crippen molar-refractivity contribution in [2.75, 3.05) is 20.2 Å². The quantitative estimate of drug-likeness (QED) is 0.707. The number of carboxylic acids is 1.